The largest absolute Gasteiger partial charge is 0.397 e. The molecule has 1 aromatic heterocycles. The van der Waals surface area contributed by atoms with Gasteiger partial charge < -0.3 is 16.2 Å². The molecule has 0 bridgehead atoms. The number of hydrogen-bond acceptors (Lipinski definition) is 4. The molecule has 4 N–H and O–H groups in total. The number of amides is 1. The highest BCUT2D eigenvalue weighted by atomic mass is 16.2. The van der Waals surface area contributed by atoms with Crippen molar-refractivity contribution in [1.29, 1.82) is 0 Å². The van der Waals surface area contributed by atoms with E-state index in [0.29, 0.717) is 24.3 Å². The Bertz CT molecular complexity index is 580. The topological polar surface area (TPSA) is 93.2 Å². The number of unbranched alkanes of at least 4 members (excludes halogenated alkanes) is 1. The lowest BCUT2D eigenvalue weighted by atomic mass is 10.3. The minimum Gasteiger partial charge on any atom is -0.397 e. The first-order chi connectivity index (χ1) is 9.72. The van der Waals surface area contributed by atoms with Crippen LogP contribution in [0.2, 0.25) is 0 Å². The maximum absolute atomic E-state index is 11.9. The number of hydrogen-bond donors (Lipinski definition) is 3. The van der Waals surface area contributed by atoms with Gasteiger partial charge in [-0.1, -0.05) is 12.1 Å². The van der Waals surface area contributed by atoms with Crippen molar-refractivity contribution < 1.29 is 9.90 Å². The summed E-state index contributed by atoms with van der Waals surface area (Å²) in [5, 5.41) is 15.6. The Morgan fingerprint density at radius 3 is 2.85 bits per heavy atom. The molecule has 0 aliphatic heterocycles. The molecule has 1 aromatic carbocycles. The van der Waals surface area contributed by atoms with Crippen LogP contribution in [0.25, 0.3) is 5.69 Å². The molecule has 0 aliphatic carbocycles. The molecule has 0 fully saturated rings. The molecule has 0 radical (unpaired) electrons. The second-order valence-electron chi connectivity index (χ2n) is 4.39. The highest BCUT2D eigenvalue weighted by Crippen LogP contribution is 2.15. The van der Waals surface area contributed by atoms with Crippen LogP contribution in [-0.4, -0.2) is 33.9 Å². The number of aliphatic hydroxyl groups excluding tert-OH is 1. The summed E-state index contributed by atoms with van der Waals surface area (Å²) >= 11 is 0. The molecule has 2 rings (SSSR count). The fourth-order valence-electron chi connectivity index (χ4n) is 1.80. The van der Waals surface area contributed by atoms with E-state index >= 15 is 0 Å². The van der Waals surface area contributed by atoms with Crippen LogP contribution in [0, 0.1) is 0 Å². The fourth-order valence-corrected chi connectivity index (χ4v) is 1.80. The number of benzene rings is 1. The number of nitrogen functional groups attached to an aromatic ring is 1. The third-order valence-electron chi connectivity index (χ3n) is 2.88. The van der Waals surface area contributed by atoms with Crippen LogP contribution >= 0.6 is 0 Å². The van der Waals surface area contributed by atoms with Gasteiger partial charge in [0.05, 0.1) is 11.4 Å². The molecule has 0 saturated carbocycles. The van der Waals surface area contributed by atoms with Gasteiger partial charge in [-0.25, -0.2) is 4.68 Å². The molecule has 0 unspecified atom stereocenters. The summed E-state index contributed by atoms with van der Waals surface area (Å²) in [6.45, 7) is 0.664. The van der Waals surface area contributed by atoms with Crippen molar-refractivity contribution in [2.24, 2.45) is 0 Å². The highest BCUT2D eigenvalue weighted by Gasteiger charge is 2.10. The van der Waals surface area contributed by atoms with E-state index in [1.54, 1.807) is 23.0 Å². The van der Waals surface area contributed by atoms with Crippen LogP contribution in [0.4, 0.5) is 5.69 Å². The van der Waals surface area contributed by atoms with Gasteiger partial charge in [-0.3, -0.25) is 4.79 Å². The average molecular weight is 274 g/mol. The van der Waals surface area contributed by atoms with E-state index in [4.69, 9.17) is 10.8 Å². The Morgan fingerprint density at radius 2 is 2.10 bits per heavy atom. The van der Waals surface area contributed by atoms with Crippen molar-refractivity contribution in [3.05, 3.63) is 42.2 Å². The number of anilines is 1. The van der Waals surface area contributed by atoms with Gasteiger partial charge in [0.25, 0.3) is 5.91 Å². The van der Waals surface area contributed by atoms with Crippen molar-refractivity contribution in [3.63, 3.8) is 0 Å². The van der Waals surface area contributed by atoms with Crippen LogP contribution in [-0.2, 0) is 0 Å². The van der Waals surface area contributed by atoms with E-state index in [0.717, 1.165) is 12.1 Å². The van der Waals surface area contributed by atoms with Crippen molar-refractivity contribution in [2.75, 3.05) is 18.9 Å². The highest BCUT2D eigenvalue weighted by molar-refractivity contribution is 5.92. The molecule has 1 amide bonds. The lowest BCUT2D eigenvalue weighted by Gasteiger charge is -2.05. The normalized spacial score (nSPS) is 10.4. The summed E-state index contributed by atoms with van der Waals surface area (Å²) in [4.78, 5) is 11.9. The van der Waals surface area contributed by atoms with Gasteiger partial charge in [-0.15, -0.1) is 0 Å². The monoisotopic (exact) mass is 274 g/mol. The third-order valence-corrected chi connectivity index (χ3v) is 2.88. The first-order valence-corrected chi connectivity index (χ1v) is 6.52. The molecule has 6 nitrogen and oxygen atoms in total. The van der Waals surface area contributed by atoms with Crippen LogP contribution in [0.15, 0.2) is 36.5 Å². The number of carbonyl (C=O) groups is 1. The maximum atomic E-state index is 11.9. The quantitative estimate of drug-likeness (QED) is 0.540. The number of aliphatic hydroxyl groups is 1. The SMILES string of the molecule is Nc1ccccc1-n1ccc(C(=O)NCCCCO)n1. The smallest absolute Gasteiger partial charge is 0.271 e. The number of nitrogens with one attached hydrogen (secondary N) is 1. The predicted molar refractivity (Wildman–Crippen MR) is 76.6 cm³/mol. The van der Waals surface area contributed by atoms with Gasteiger partial charge in [0.15, 0.2) is 5.69 Å². The summed E-state index contributed by atoms with van der Waals surface area (Å²) in [7, 11) is 0. The molecule has 106 valence electrons. The molecule has 0 spiro atoms. The van der Waals surface area contributed by atoms with Gasteiger partial charge in [0, 0.05) is 19.3 Å². The van der Waals surface area contributed by atoms with Crippen LogP contribution < -0.4 is 11.1 Å². The average Bonchev–Trinajstić information content (AvgIpc) is 2.93. The number of para-hydroxylation sites is 2. The Morgan fingerprint density at radius 1 is 1.30 bits per heavy atom. The van der Waals surface area contributed by atoms with Crippen molar-refractivity contribution in [3.8, 4) is 5.69 Å². The molecule has 2 aromatic rings. The maximum Gasteiger partial charge on any atom is 0.271 e. The van der Waals surface area contributed by atoms with Gasteiger partial charge in [-0.2, -0.15) is 5.10 Å². The van der Waals surface area contributed by atoms with Gasteiger partial charge >= 0.3 is 0 Å². The zero-order valence-electron chi connectivity index (χ0n) is 11.1. The first-order valence-electron chi connectivity index (χ1n) is 6.52. The molecular formula is C14H18N4O2. The van der Waals surface area contributed by atoms with E-state index in [-0.39, 0.29) is 12.5 Å². The summed E-state index contributed by atoms with van der Waals surface area (Å²) < 4.78 is 1.58. The second-order valence-corrected chi connectivity index (χ2v) is 4.39. The fraction of sp³-hybridized carbons (Fsp3) is 0.286. The van der Waals surface area contributed by atoms with Gasteiger partial charge in [-0.05, 0) is 31.0 Å². The molecule has 0 aliphatic rings. The number of aromatic nitrogens is 2. The summed E-state index contributed by atoms with van der Waals surface area (Å²) in [6, 6.07) is 8.98. The Hall–Kier alpha value is -2.34. The lowest BCUT2D eigenvalue weighted by molar-refractivity contribution is 0.0946. The van der Waals surface area contributed by atoms with Crippen molar-refractivity contribution in [1.82, 2.24) is 15.1 Å². The minimum absolute atomic E-state index is 0.137. The lowest BCUT2D eigenvalue weighted by Crippen LogP contribution is -2.25. The van der Waals surface area contributed by atoms with Gasteiger partial charge in [0.1, 0.15) is 0 Å². The Kier molecular flexibility index (Phi) is 4.73. The van der Waals surface area contributed by atoms with Crippen LogP contribution in [0.3, 0.4) is 0 Å². The number of rotatable bonds is 6. The first kappa shape index (κ1) is 14.1. The zero-order chi connectivity index (χ0) is 14.4. The van der Waals surface area contributed by atoms with Crippen LogP contribution in [0.5, 0.6) is 0 Å². The van der Waals surface area contributed by atoms with E-state index in [1.165, 1.54) is 0 Å². The second kappa shape index (κ2) is 6.72. The third kappa shape index (κ3) is 3.36. The number of carbonyl (C=O) groups excluding carboxylic acids is 1. The number of nitrogens with two attached hydrogens (primary N) is 1. The standard InChI is InChI=1S/C14H18N4O2/c15-11-5-1-2-6-13(11)18-9-7-12(17-18)14(20)16-8-3-4-10-19/h1-2,5-7,9,19H,3-4,8,10,15H2,(H,16,20). The number of nitrogens with zero attached hydrogens (tertiary/aromatic N) is 2. The zero-order valence-corrected chi connectivity index (χ0v) is 11.1. The molecule has 20 heavy (non-hydrogen) atoms. The molecule has 0 saturated heterocycles. The van der Waals surface area contributed by atoms with E-state index in [2.05, 4.69) is 10.4 Å². The minimum atomic E-state index is -0.226. The van der Waals surface area contributed by atoms with E-state index < -0.39 is 0 Å². The summed E-state index contributed by atoms with van der Waals surface area (Å²) in [5.74, 6) is -0.226. The van der Waals surface area contributed by atoms with Crippen molar-refractivity contribution >= 4 is 11.6 Å². The predicted octanol–water partition coefficient (Wildman–Crippen LogP) is 0.957. The molecular weight excluding hydrogens is 256 g/mol. The Labute approximate surface area is 117 Å². The summed E-state index contributed by atoms with van der Waals surface area (Å²) in [6.07, 6.45) is 3.12. The molecule has 1 heterocycles. The summed E-state index contributed by atoms with van der Waals surface area (Å²) in [5.41, 5.74) is 7.56. The molecule has 0 atom stereocenters. The molecule has 6 heteroatoms. The van der Waals surface area contributed by atoms with E-state index in [1.807, 2.05) is 18.2 Å². The van der Waals surface area contributed by atoms with Crippen molar-refractivity contribution in [2.45, 2.75) is 12.8 Å². The van der Waals surface area contributed by atoms with Crippen LogP contribution in [0.1, 0.15) is 23.3 Å². The van der Waals surface area contributed by atoms with E-state index in [9.17, 15) is 4.79 Å². The van der Waals surface area contributed by atoms with Gasteiger partial charge in [0.2, 0.25) is 0 Å². The Balaban J connectivity index is 2.02.